The molecule has 3 heterocycles. The monoisotopic (exact) mass is 902 g/mol. The van der Waals surface area contributed by atoms with Gasteiger partial charge in [-0.1, -0.05) is 35.6 Å². The van der Waals surface area contributed by atoms with Gasteiger partial charge in [-0.15, -0.1) is 12.1 Å². The number of aromatic nitrogens is 3. The molecule has 0 aliphatic rings. The third-order valence-corrected chi connectivity index (χ3v) is 6.35. The molecular weight excluding hydrogens is 885 g/mol. The zero-order chi connectivity index (χ0) is 40.8. The van der Waals surface area contributed by atoms with Gasteiger partial charge in [0.25, 0.3) is 0 Å². The maximum absolute atomic E-state index is 13.5. The Bertz CT molecular complexity index is 2370. The second-order valence-electron chi connectivity index (χ2n) is 9.78. The maximum atomic E-state index is 13.5. The van der Waals surface area contributed by atoms with E-state index in [0.29, 0.717) is 23.0 Å². The van der Waals surface area contributed by atoms with Crippen LogP contribution in [0.3, 0.4) is 0 Å². The predicted octanol–water partition coefficient (Wildman–Crippen LogP) is 9.29. The quantitative estimate of drug-likeness (QED) is 0.0310. The number of pyridine rings is 3. The molecule has 1 radical (unpaired) electrons. The summed E-state index contributed by atoms with van der Waals surface area (Å²) < 4.78 is 100. The van der Waals surface area contributed by atoms with Crippen LogP contribution >= 0.6 is 23.2 Å². The number of nitrogens with two attached hydrogens (primary N) is 1. The van der Waals surface area contributed by atoms with Crippen LogP contribution in [0.25, 0.3) is 0 Å². The Hall–Kier alpha value is -5.70. The fraction of sp³-hybridized carbons (Fsp3) is 0. The first kappa shape index (κ1) is 46.5. The van der Waals surface area contributed by atoms with E-state index in [1.165, 1.54) is 55.0 Å². The molecule has 0 aliphatic carbocycles. The number of H-pyrrole nitrogens is 1. The fourth-order valence-corrected chi connectivity index (χ4v) is 3.83. The molecule has 0 saturated carbocycles. The van der Waals surface area contributed by atoms with Crippen LogP contribution in [-0.4, -0.2) is 24.8 Å². The third-order valence-electron chi connectivity index (χ3n) is 5.92. The molecule has 6 rings (SSSR count). The van der Waals surface area contributed by atoms with Gasteiger partial charge in [-0.05, 0) is 6.07 Å². The number of nitro groups is 2. The van der Waals surface area contributed by atoms with Crippen molar-refractivity contribution in [3.63, 3.8) is 0 Å². The van der Waals surface area contributed by atoms with Crippen LogP contribution in [0.5, 0.6) is 23.0 Å². The van der Waals surface area contributed by atoms with Gasteiger partial charge in [0.2, 0.25) is 11.6 Å². The van der Waals surface area contributed by atoms with Gasteiger partial charge >= 0.3 is 11.4 Å². The largest absolute Gasteiger partial charge is 0.514 e. The van der Waals surface area contributed by atoms with Gasteiger partial charge in [0.15, 0.2) is 34.4 Å². The van der Waals surface area contributed by atoms with Crippen LogP contribution in [0.1, 0.15) is 0 Å². The molecule has 0 unspecified atom stereocenters. The Kier molecular flexibility index (Phi) is 18.3. The molecule has 0 fully saturated rings. The number of benzene rings is 3. The van der Waals surface area contributed by atoms with Gasteiger partial charge in [-0.2, -0.15) is 8.78 Å². The first-order chi connectivity index (χ1) is 25.9. The van der Waals surface area contributed by atoms with E-state index in [2.05, 4.69) is 21.1 Å². The van der Waals surface area contributed by atoms with Gasteiger partial charge in [0.05, 0.1) is 27.7 Å². The topological polar surface area (TPSA) is 189 Å². The van der Waals surface area contributed by atoms with Crippen LogP contribution in [-0.2, 0) is 32.7 Å². The normalized spacial score (nSPS) is 9.80. The van der Waals surface area contributed by atoms with Crippen molar-refractivity contribution < 1.29 is 82.8 Å². The molecule has 0 saturated heterocycles. The zero-order valence-corrected chi connectivity index (χ0v) is 31.7. The molecule has 13 nitrogen and oxygen atoms in total. The van der Waals surface area contributed by atoms with Crippen molar-refractivity contribution in [1.29, 1.82) is 0 Å². The summed E-state index contributed by atoms with van der Waals surface area (Å²) in [5.74, 6) is -8.24. The standard InChI is InChI=1S/C11H5ClF2N2O3.C11H7F2N2O.C6H2F3NO2.C5H4ClNO.Y/c12-11-3-6(1-2-15-11)19-10-5-7(13)9(16(17)18)4-8(10)14;12-8-6-11(9(13)5-10(8)14)16-7-1-3-15-4-2-7;7-3-1-5(9)6(10(11)12)2-4(3)8;6-5-3-4(8)1-2-7-5;/h1-5H;1-3,5-6H,14H2;1-2H;1-3H,(H,7,8);/q;-1;;;. The molecule has 0 spiro atoms. The van der Waals surface area contributed by atoms with Crippen LogP contribution in [0, 0.1) is 67.1 Å². The van der Waals surface area contributed by atoms with Crippen LogP contribution in [0.4, 0.5) is 47.8 Å². The van der Waals surface area contributed by atoms with Gasteiger partial charge < -0.3 is 25.2 Å². The summed E-state index contributed by atoms with van der Waals surface area (Å²) in [6.07, 6.45) is 6.76. The minimum atomic E-state index is -1.45. The first-order valence-corrected chi connectivity index (χ1v) is 15.0. The van der Waals surface area contributed by atoms with Crippen molar-refractivity contribution in [2.75, 3.05) is 5.73 Å². The van der Waals surface area contributed by atoms with Gasteiger partial charge in [-0.3, -0.25) is 25.0 Å². The van der Waals surface area contributed by atoms with Crippen molar-refractivity contribution >= 4 is 40.3 Å². The summed E-state index contributed by atoms with van der Waals surface area (Å²) in [5, 5.41) is 20.9. The second kappa shape index (κ2) is 22.0. The summed E-state index contributed by atoms with van der Waals surface area (Å²) in [6.45, 7) is 0. The van der Waals surface area contributed by atoms with Crippen LogP contribution in [0.2, 0.25) is 10.3 Å². The van der Waals surface area contributed by atoms with Crippen molar-refractivity contribution in [3.05, 3.63) is 179 Å². The summed E-state index contributed by atoms with van der Waals surface area (Å²) in [6, 6.07) is 11.5. The summed E-state index contributed by atoms with van der Waals surface area (Å²) in [4.78, 5) is 38.6. The number of aromatic amines is 1. The van der Waals surface area contributed by atoms with Crippen LogP contribution in [0.15, 0.2) is 96.2 Å². The Labute approximate surface area is 344 Å². The molecule has 3 aromatic carbocycles. The van der Waals surface area contributed by atoms with Crippen LogP contribution < -0.4 is 20.6 Å². The molecule has 23 heteroatoms. The van der Waals surface area contributed by atoms with Gasteiger partial charge in [-0.25, -0.2) is 26.9 Å². The number of anilines is 1. The molecule has 6 aromatic rings. The SMILES string of the molecule is Nc1cc(F)c(Oc2c[c-]ncc2)cc1F.O=[N+]([O-])c1cc(F)c(F)cc1F.O=[N+]([O-])c1cc(F)c(Oc2ccnc(Cl)c2)cc1F.O=c1cc[nH]c(Cl)c1.[Y]. The van der Waals surface area contributed by atoms with Crippen molar-refractivity contribution in [1.82, 2.24) is 15.0 Å². The second-order valence-corrected chi connectivity index (χ2v) is 10.6. The number of nitrogen functional groups attached to an aromatic ring is 1. The first-order valence-electron chi connectivity index (χ1n) is 14.3. The number of halogens is 9. The molecule has 289 valence electrons. The summed E-state index contributed by atoms with van der Waals surface area (Å²) >= 11 is 11.0. The van der Waals surface area contributed by atoms with E-state index in [0.717, 1.165) is 12.1 Å². The molecule has 3 N–H and O–H groups in total. The van der Waals surface area contributed by atoms with E-state index in [1.54, 1.807) is 0 Å². The Morgan fingerprint density at radius 1 is 0.679 bits per heavy atom. The Morgan fingerprint density at radius 3 is 1.75 bits per heavy atom. The number of nitro benzene ring substituents is 2. The number of nitrogens with zero attached hydrogens (tertiary/aromatic N) is 4. The number of nitrogens with one attached hydrogen (secondary N) is 1. The minimum Gasteiger partial charge on any atom is -0.514 e. The van der Waals surface area contributed by atoms with E-state index in [9.17, 15) is 55.8 Å². The van der Waals surface area contributed by atoms with E-state index in [4.69, 9.17) is 38.4 Å². The van der Waals surface area contributed by atoms with Crippen molar-refractivity contribution in [3.8, 4) is 23.0 Å². The van der Waals surface area contributed by atoms with Crippen molar-refractivity contribution in [2.24, 2.45) is 0 Å². The molecule has 0 atom stereocenters. The average Bonchev–Trinajstić information content (AvgIpc) is 3.11. The van der Waals surface area contributed by atoms with E-state index < -0.39 is 67.7 Å². The number of ether oxygens (including phenoxy) is 2. The molecular formula is C33H18Cl2F7N6O7Y-. The molecule has 0 aliphatic heterocycles. The smallest absolute Gasteiger partial charge is 0.307 e. The average molecular weight is 903 g/mol. The summed E-state index contributed by atoms with van der Waals surface area (Å²) in [7, 11) is 0. The zero-order valence-electron chi connectivity index (χ0n) is 27.4. The molecule has 0 amide bonds. The number of rotatable bonds is 6. The third kappa shape index (κ3) is 14.5. The summed E-state index contributed by atoms with van der Waals surface area (Å²) in [5.41, 5.74) is 2.83. The van der Waals surface area contributed by atoms with E-state index >= 15 is 0 Å². The Morgan fingerprint density at radius 2 is 1.21 bits per heavy atom. The minimum absolute atomic E-state index is 0. The van der Waals surface area contributed by atoms with E-state index in [-0.39, 0.29) is 72.6 Å². The molecule has 3 aromatic heterocycles. The molecule has 0 bridgehead atoms. The Balaban J connectivity index is 0.000000267. The number of hydrogen-bond acceptors (Lipinski definition) is 10. The van der Waals surface area contributed by atoms with Crippen molar-refractivity contribution in [2.45, 2.75) is 0 Å². The maximum Gasteiger partial charge on any atom is 0.307 e. The fourth-order valence-electron chi connectivity index (χ4n) is 3.50. The van der Waals surface area contributed by atoms with Gasteiger partial charge in [0.1, 0.15) is 27.6 Å². The van der Waals surface area contributed by atoms with Gasteiger partial charge in [0, 0.05) is 93.3 Å². The number of hydrogen-bond donors (Lipinski definition) is 2. The molecule has 56 heavy (non-hydrogen) atoms. The predicted molar refractivity (Wildman–Crippen MR) is 181 cm³/mol. The van der Waals surface area contributed by atoms with E-state index in [1.807, 2.05) is 0 Å².